The van der Waals surface area contributed by atoms with Gasteiger partial charge < -0.3 is 20.0 Å². The van der Waals surface area contributed by atoms with Gasteiger partial charge in [-0.25, -0.2) is 51.9 Å². The Hall–Kier alpha value is -4.70. The molecule has 4 aromatic carbocycles. The van der Waals surface area contributed by atoms with E-state index in [1.165, 1.54) is 32.9 Å². The lowest BCUT2D eigenvalue weighted by Gasteiger charge is -2.42. The number of aliphatic hydroxyl groups is 2. The van der Waals surface area contributed by atoms with Gasteiger partial charge in [-0.15, -0.1) is 22.7 Å². The minimum atomic E-state index is -3.95. The van der Waals surface area contributed by atoms with E-state index in [0.717, 1.165) is 69.4 Å². The maximum absolute atomic E-state index is 13.3. The summed E-state index contributed by atoms with van der Waals surface area (Å²) in [6.45, 7) is 7.89. The van der Waals surface area contributed by atoms with Crippen molar-refractivity contribution in [1.82, 2.24) is 18.1 Å². The van der Waals surface area contributed by atoms with Crippen LogP contribution in [0, 0.1) is 11.6 Å². The van der Waals surface area contributed by atoms with E-state index >= 15 is 0 Å². The lowest BCUT2D eigenvalue weighted by atomic mass is 9.98. The predicted molar refractivity (Wildman–Crippen MR) is 275 cm³/mol. The van der Waals surface area contributed by atoms with Crippen LogP contribution in [0.25, 0.3) is 0 Å². The normalized spacial score (nSPS) is 17.9. The van der Waals surface area contributed by atoms with E-state index in [1.54, 1.807) is 87.0 Å². The van der Waals surface area contributed by atoms with Crippen LogP contribution < -0.4 is 19.2 Å². The Morgan fingerprint density at radius 2 is 0.847 bits per heavy atom. The summed E-state index contributed by atoms with van der Waals surface area (Å²) in [5, 5.41) is 23.9. The zero-order chi connectivity index (χ0) is 52.3. The minimum Gasteiger partial charge on any atom is -0.386 e. The first kappa shape index (κ1) is 55.1. The average Bonchev–Trinajstić information content (AvgIpc) is 4.11. The molecule has 24 heteroatoms. The van der Waals surface area contributed by atoms with Gasteiger partial charge in [-0.2, -0.15) is 8.61 Å². The van der Waals surface area contributed by atoms with Crippen molar-refractivity contribution in [1.29, 1.82) is 0 Å². The van der Waals surface area contributed by atoms with Gasteiger partial charge in [0, 0.05) is 63.7 Å². The first-order valence-corrected chi connectivity index (χ1v) is 30.1. The summed E-state index contributed by atoms with van der Waals surface area (Å²) in [6, 6.07) is 28.9. The van der Waals surface area contributed by atoms with Crippen molar-refractivity contribution in [2.75, 3.05) is 62.2 Å². The Balaban J connectivity index is 0.000000211. The molecule has 0 amide bonds. The first-order chi connectivity index (χ1) is 33.8. The number of hydrogen-bond acceptors (Lipinski definition) is 14. The molecule has 2 aliphatic heterocycles. The molecule has 0 spiro atoms. The third-order valence-electron chi connectivity index (χ3n) is 12.1. The lowest BCUT2D eigenvalue weighted by Crippen LogP contribution is -2.58. The average molecular weight is 1110 g/mol. The van der Waals surface area contributed by atoms with E-state index < -0.39 is 75.0 Å². The number of thiophene rings is 2. The fourth-order valence-electron chi connectivity index (χ4n) is 8.12. The van der Waals surface area contributed by atoms with Crippen molar-refractivity contribution in [3.05, 3.63) is 155 Å². The van der Waals surface area contributed by atoms with E-state index in [9.17, 15) is 52.7 Å². The van der Waals surface area contributed by atoms with Crippen LogP contribution in [-0.4, -0.2) is 117 Å². The molecular weight excluding hydrogens is 1050 g/mol. The van der Waals surface area contributed by atoms with Gasteiger partial charge in [0.2, 0.25) is 20.0 Å². The molecule has 16 nitrogen and oxygen atoms in total. The van der Waals surface area contributed by atoms with E-state index in [2.05, 4.69) is 9.44 Å². The summed E-state index contributed by atoms with van der Waals surface area (Å²) >= 11 is 2.27. The largest absolute Gasteiger partial charge is 0.386 e. The van der Waals surface area contributed by atoms with Crippen molar-refractivity contribution in [3.8, 4) is 0 Å². The number of nitrogens with one attached hydrogen (secondary N) is 2. The number of sulfonamides is 4. The summed E-state index contributed by atoms with van der Waals surface area (Å²) in [7, 11) is -15.3. The molecular formula is C48H56F2N6O10S6. The molecule has 2 aromatic heterocycles. The molecule has 4 N–H and O–H groups in total. The number of piperazine rings is 2. The van der Waals surface area contributed by atoms with Crippen molar-refractivity contribution in [2.45, 2.75) is 69.2 Å². The van der Waals surface area contributed by atoms with Crippen LogP contribution in [0.4, 0.5) is 20.2 Å². The van der Waals surface area contributed by atoms with Crippen LogP contribution in [0.1, 0.15) is 38.8 Å². The van der Waals surface area contributed by atoms with Gasteiger partial charge >= 0.3 is 0 Å². The Labute approximate surface area is 428 Å². The van der Waals surface area contributed by atoms with E-state index in [0.29, 0.717) is 13.1 Å². The summed E-state index contributed by atoms with van der Waals surface area (Å²) in [4.78, 5) is 3.76. The smallest absolute Gasteiger partial charge is 0.252 e. The molecule has 388 valence electrons. The van der Waals surface area contributed by atoms with Crippen LogP contribution in [0.3, 0.4) is 0 Å². The molecule has 6 aromatic rings. The maximum atomic E-state index is 13.3. The minimum absolute atomic E-state index is 0.0661. The molecule has 0 aliphatic carbocycles. The molecule has 0 bridgehead atoms. The molecule has 2 saturated heterocycles. The fourth-order valence-corrected chi connectivity index (χ4v) is 15.5. The number of halogens is 2. The zero-order valence-corrected chi connectivity index (χ0v) is 44.6. The van der Waals surface area contributed by atoms with Gasteiger partial charge in [0.05, 0.1) is 33.1 Å². The highest BCUT2D eigenvalue weighted by Gasteiger charge is 2.38. The second-order valence-electron chi connectivity index (χ2n) is 18.1. The molecule has 4 heterocycles. The Bertz CT molecular complexity index is 2990. The lowest BCUT2D eigenvalue weighted by molar-refractivity contribution is 0.0780. The highest BCUT2D eigenvalue weighted by molar-refractivity contribution is 7.91. The van der Waals surface area contributed by atoms with E-state index in [-0.39, 0.29) is 57.5 Å². The first-order valence-electron chi connectivity index (χ1n) is 22.5. The van der Waals surface area contributed by atoms with Gasteiger partial charge in [-0.05, 0) is 135 Å². The molecule has 2 aliphatic rings. The SMILES string of the molecule is CC(C)(O)c1ccc(N2CCN(S(=O)(=O)c3cccs3)C[C@@H]2CNS(=O)(=O)c2ccc(F)cc2)cc1.CC(C)(O)c1ccc(N2CCN(S(=O)(=O)c3cccs3)C[C@@H]2CNS(=O)(=O)c2ccc(F)cc2)cc1. The summed E-state index contributed by atoms with van der Waals surface area (Å²) in [5.41, 5.74) is 0.966. The molecule has 0 unspecified atom stereocenters. The molecule has 2 fully saturated rings. The fraction of sp³-hybridized carbons (Fsp3) is 0.333. The quantitative estimate of drug-likeness (QED) is 0.0886. The Morgan fingerprint density at radius 1 is 0.514 bits per heavy atom. The van der Waals surface area contributed by atoms with Gasteiger partial charge in [0.25, 0.3) is 20.0 Å². The van der Waals surface area contributed by atoms with Crippen LogP contribution in [0.2, 0.25) is 0 Å². The molecule has 0 saturated carbocycles. The molecule has 72 heavy (non-hydrogen) atoms. The zero-order valence-electron chi connectivity index (χ0n) is 39.7. The standard InChI is InChI=1S/2C24H28FN3O5S3/c2*1-24(2,29)18-5-9-20(10-6-18)28-14-13-27(36(32,33)23-4-3-15-34-23)17-21(28)16-26-35(30,31)22-11-7-19(25)8-12-22/h2*3-12,15,21,26,29H,13-14,16-17H2,1-2H3/t2*21-/m00/s1. The second kappa shape index (κ2) is 22.0. The Morgan fingerprint density at radius 3 is 1.14 bits per heavy atom. The van der Waals surface area contributed by atoms with Gasteiger partial charge in [-0.1, -0.05) is 36.4 Å². The molecule has 2 atom stereocenters. The number of rotatable bonds is 16. The van der Waals surface area contributed by atoms with Gasteiger partial charge in [-0.3, -0.25) is 0 Å². The van der Waals surface area contributed by atoms with E-state index in [4.69, 9.17) is 0 Å². The van der Waals surface area contributed by atoms with Crippen molar-refractivity contribution in [2.24, 2.45) is 0 Å². The predicted octanol–water partition coefficient (Wildman–Crippen LogP) is 5.95. The number of anilines is 2. The summed E-state index contributed by atoms with van der Waals surface area (Å²) in [6.07, 6.45) is 0. The molecule has 0 radical (unpaired) electrons. The monoisotopic (exact) mass is 1110 g/mol. The molecule has 8 rings (SSSR count). The van der Waals surface area contributed by atoms with E-state index in [1.807, 2.05) is 34.1 Å². The third-order valence-corrected chi connectivity index (χ3v) is 21.5. The van der Waals surface area contributed by atoms with Crippen molar-refractivity contribution < 1.29 is 52.7 Å². The number of hydrogen-bond donors (Lipinski definition) is 4. The van der Waals surface area contributed by atoms with Gasteiger partial charge in [0.1, 0.15) is 20.1 Å². The number of nitrogens with zero attached hydrogens (tertiary/aromatic N) is 4. The highest BCUT2D eigenvalue weighted by atomic mass is 32.3. The van der Waals surface area contributed by atoms with Gasteiger partial charge in [0.15, 0.2) is 0 Å². The maximum Gasteiger partial charge on any atom is 0.252 e. The topological polar surface area (TPSA) is 214 Å². The summed E-state index contributed by atoms with van der Waals surface area (Å²) in [5.74, 6) is -1.09. The second-order valence-corrected chi connectivity index (χ2v) is 27.9. The van der Waals surface area contributed by atoms with Crippen LogP contribution in [0.5, 0.6) is 0 Å². The highest BCUT2D eigenvalue weighted by Crippen LogP contribution is 2.31. The van der Waals surface area contributed by atoms with Crippen molar-refractivity contribution in [3.63, 3.8) is 0 Å². The Kier molecular flexibility index (Phi) is 16.8. The number of benzene rings is 4. The van der Waals surface area contributed by atoms with Crippen LogP contribution in [-0.2, 0) is 51.3 Å². The van der Waals surface area contributed by atoms with Crippen molar-refractivity contribution >= 4 is 74.1 Å². The van der Waals surface area contributed by atoms with Crippen LogP contribution in [0.15, 0.2) is 150 Å². The van der Waals surface area contributed by atoms with Crippen LogP contribution >= 0.6 is 22.7 Å². The summed E-state index contributed by atoms with van der Waals surface area (Å²) < 4.78 is 139. The third kappa shape index (κ3) is 13.1.